The second kappa shape index (κ2) is 5.71. The number of rotatable bonds is 4. The lowest BCUT2D eigenvalue weighted by Crippen LogP contribution is -2.04. The van der Waals surface area contributed by atoms with E-state index < -0.39 is 28.0 Å². The number of hydrogen-bond acceptors (Lipinski definition) is 5. The second-order valence-electron chi connectivity index (χ2n) is 3.78. The van der Waals surface area contributed by atoms with Crippen molar-refractivity contribution in [2.75, 3.05) is 0 Å². The van der Waals surface area contributed by atoms with Crippen LogP contribution in [0.1, 0.15) is 10.4 Å². The maximum absolute atomic E-state index is 13.2. The van der Waals surface area contributed by atoms with Gasteiger partial charge >= 0.3 is 11.7 Å². The van der Waals surface area contributed by atoms with Crippen LogP contribution in [0.4, 0.5) is 10.1 Å². The van der Waals surface area contributed by atoms with Crippen molar-refractivity contribution in [2.45, 2.75) is 0 Å². The van der Waals surface area contributed by atoms with Crippen LogP contribution in [-0.4, -0.2) is 21.0 Å². The number of nitro groups is 1. The summed E-state index contributed by atoms with van der Waals surface area (Å²) in [6.07, 6.45) is 0.755. The maximum Gasteiger partial charge on any atom is 0.342 e. The number of ether oxygens (including phenoxy) is 1. The summed E-state index contributed by atoms with van der Waals surface area (Å²) in [5, 5.41) is 19.5. The van der Waals surface area contributed by atoms with Crippen LogP contribution in [0.3, 0.4) is 0 Å². The molecule has 0 radical (unpaired) electrons. The average Bonchev–Trinajstić information content (AvgIpc) is 2.42. The van der Waals surface area contributed by atoms with Crippen molar-refractivity contribution in [3.05, 3.63) is 57.0 Å². The predicted molar refractivity (Wildman–Crippen MR) is 69.3 cm³/mol. The summed E-state index contributed by atoms with van der Waals surface area (Å²) in [5.41, 5.74) is -1.25. The Hall–Kier alpha value is -2.74. The first-order valence-corrected chi connectivity index (χ1v) is 5.77. The van der Waals surface area contributed by atoms with Gasteiger partial charge in [0.15, 0.2) is 0 Å². The zero-order valence-electron chi connectivity index (χ0n) is 10.1. The Labute approximate surface area is 121 Å². The van der Waals surface area contributed by atoms with Crippen LogP contribution in [0.25, 0.3) is 0 Å². The fourth-order valence-electron chi connectivity index (χ4n) is 1.46. The first-order valence-electron chi connectivity index (χ1n) is 5.39. The van der Waals surface area contributed by atoms with E-state index in [2.05, 4.69) is 4.98 Å². The van der Waals surface area contributed by atoms with Gasteiger partial charge in [0.2, 0.25) is 5.88 Å². The smallest absolute Gasteiger partial charge is 0.342 e. The Morgan fingerprint density at radius 3 is 2.71 bits per heavy atom. The van der Waals surface area contributed by atoms with Crippen LogP contribution in [0.2, 0.25) is 5.02 Å². The zero-order valence-corrected chi connectivity index (χ0v) is 10.9. The van der Waals surface area contributed by atoms with Crippen molar-refractivity contribution in [3.8, 4) is 11.6 Å². The van der Waals surface area contributed by atoms with Crippen LogP contribution >= 0.6 is 11.6 Å². The number of nitrogens with zero attached hydrogens (tertiary/aromatic N) is 2. The van der Waals surface area contributed by atoms with Gasteiger partial charge in [-0.25, -0.2) is 14.2 Å². The summed E-state index contributed by atoms with van der Waals surface area (Å²) < 4.78 is 18.4. The van der Waals surface area contributed by atoms with Gasteiger partial charge in [-0.05, 0) is 12.1 Å². The third-order valence-electron chi connectivity index (χ3n) is 2.40. The minimum absolute atomic E-state index is 0.0228. The molecule has 21 heavy (non-hydrogen) atoms. The average molecular weight is 313 g/mol. The number of carboxylic acid groups (broad SMARTS) is 1. The fraction of sp³-hybridized carbons (Fsp3) is 0. The van der Waals surface area contributed by atoms with Crippen molar-refractivity contribution >= 4 is 23.3 Å². The van der Waals surface area contributed by atoms with E-state index in [1.807, 2.05) is 0 Å². The van der Waals surface area contributed by atoms with Gasteiger partial charge in [0.1, 0.15) is 23.3 Å². The quantitative estimate of drug-likeness (QED) is 0.686. The fourth-order valence-corrected chi connectivity index (χ4v) is 1.58. The largest absolute Gasteiger partial charge is 0.477 e. The molecule has 2 rings (SSSR count). The molecule has 0 amide bonds. The van der Waals surface area contributed by atoms with E-state index in [1.165, 1.54) is 12.1 Å². The molecular formula is C12H6ClFN2O5. The minimum atomic E-state index is -1.50. The molecule has 7 nitrogen and oxygen atoms in total. The lowest BCUT2D eigenvalue weighted by molar-refractivity contribution is -0.385. The normalized spacial score (nSPS) is 10.2. The van der Waals surface area contributed by atoms with Crippen LogP contribution < -0.4 is 4.74 Å². The molecule has 2 aromatic rings. The van der Waals surface area contributed by atoms with E-state index in [0.717, 1.165) is 18.3 Å². The molecule has 1 N–H and O–H groups in total. The number of pyridine rings is 1. The van der Waals surface area contributed by atoms with Gasteiger partial charge in [-0.3, -0.25) is 10.1 Å². The number of aromatic carboxylic acids is 1. The molecular weight excluding hydrogens is 307 g/mol. The van der Waals surface area contributed by atoms with Gasteiger partial charge in [-0.1, -0.05) is 11.6 Å². The third-order valence-corrected chi connectivity index (χ3v) is 2.70. The van der Waals surface area contributed by atoms with Crippen molar-refractivity contribution in [3.63, 3.8) is 0 Å². The number of carbonyl (C=O) groups is 1. The number of benzene rings is 1. The predicted octanol–water partition coefficient (Wildman–Crippen LogP) is 3.27. The van der Waals surface area contributed by atoms with Crippen LogP contribution in [0, 0.1) is 15.9 Å². The zero-order chi connectivity index (χ0) is 15.6. The Bertz CT molecular complexity index is 738. The van der Waals surface area contributed by atoms with Crippen molar-refractivity contribution in [1.29, 1.82) is 0 Å². The molecule has 0 aliphatic carbocycles. The molecule has 0 bridgehead atoms. The lowest BCUT2D eigenvalue weighted by atomic mass is 10.2. The van der Waals surface area contributed by atoms with Gasteiger partial charge in [-0.15, -0.1) is 0 Å². The second-order valence-corrected chi connectivity index (χ2v) is 4.19. The molecule has 0 spiro atoms. The first-order chi connectivity index (χ1) is 9.88. The summed E-state index contributed by atoms with van der Waals surface area (Å²) in [4.78, 5) is 24.4. The highest BCUT2D eigenvalue weighted by atomic mass is 35.5. The molecule has 0 saturated heterocycles. The summed E-state index contributed by atoms with van der Waals surface area (Å²) in [5.74, 6) is -2.43. The Morgan fingerprint density at radius 1 is 1.43 bits per heavy atom. The van der Waals surface area contributed by atoms with Crippen LogP contribution in [-0.2, 0) is 0 Å². The topological polar surface area (TPSA) is 103 Å². The van der Waals surface area contributed by atoms with Crippen molar-refractivity contribution in [1.82, 2.24) is 4.98 Å². The number of hydrogen-bond donors (Lipinski definition) is 1. The Balaban J connectivity index is 2.36. The summed E-state index contributed by atoms with van der Waals surface area (Å²) >= 11 is 5.51. The molecule has 0 atom stereocenters. The van der Waals surface area contributed by atoms with Crippen molar-refractivity contribution < 1.29 is 24.0 Å². The molecule has 9 heteroatoms. The first kappa shape index (κ1) is 14.7. The van der Waals surface area contributed by atoms with Crippen molar-refractivity contribution in [2.24, 2.45) is 0 Å². The van der Waals surface area contributed by atoms with E-state index >= 15 is 0 Å². The molecule has 1 aromatic carbocycles. The number of halogens is 2. The van der Waals surface area contributed by atoms with Gasteiger partial charge in [0, 0.05) is 12.1 Å². The minimum Gasteiger partial charge on any atom is -0.477 e. The molecule has 0 aliphatic heterocycles. The third kappa shape index (κ3) is 3.23. The monoisotopic (exact) mass is 312 g/mol. The lowest BCUT2D eigenvalue weighted by Gasteiger charge is -2.06. The molecule has 0 fully saturated rings. The summed E-state index contributed by atoms with van der Waals surface area (Å²) in [7, 11) is 0. The van der Waals surface area contributed by atoms with Gasteiger partial charge in [-0.2, -0.15) is 0 Å². The van der Waals surface area contributed by atoms with Crippen LogP contribution in [0.5, 0.6) is 11.6 Å². The SMILES string of the molecule is O=C(O)c1cc(Oc2ccc(Cl)c(F)c2)ncc1[N+](=O)[O-]. The summed E-state index contributed by atoms with van der Waals surface area (Å²) in [6.45, 7) is 0. The van der Waals surface area contributed by atoms with E-state index in [4.69, 9.17) is 21.4 Å². The van der Waals surface area contributed by atoms with E-state index in [9.17, 15) is 19.3 Å². The van der Waals surface area contributed by atoms with E-state index in [-0.39, 0.29) is 16.7 Å². The molecule has 1 heterocycles. The molecule has 0 saturated carbocycles. The number of carboxylic acids is 1. The Morgan fingerprint density at radius 2 is 2.14 bits per heavy atom. The van der Waals surface area contributed by atoms with E-state index in [0.29, 0.717) is 0 Å². The molecule has 1 aromatic heterocycles. The number of aromatic nitrogens is 1. The maximum atomic E-state index is 13.2. The highest BCUT2D eigenvalue weighted by Crippen LogP contribution is 2.27. The molecule has 108 valence electrons. The molecule has 0 aliphatic rings. The van der Waals surface area contributed by atoms with Crippen LogP contribution in [0.15, 0.2) is 30.5 Å². The van der Waals surface area contributed by atoms with Gasteiger partial charge in [0.05, 0.1) is 9.95 Å². The van der Waals surface area contributed by atoms with E-state index in [1.54, 1.807) is 0 Å². The highest BCUT2D eigenvalue weighted by molar-refractivity contribution is 6.30. The summed E-state index contributed by atoms with van der Waals surface area (Å²) in [6, 6.07) is 4.45. The standard InChI is InChI=1S/C12H6ClFN2O5/c13-8-2-1-6(3-9(8)14)21-11-4-7(12(17)18)10(5-15-11)16(19)20/h1-5H,(H,17,18). The van der Waals surface area contributed by atoms with Gasteiger partial charge < -0.3 is 9.84 Å². The van der Waals surface area contributed by atoms with Gasteiger partial charge in [0.25, 0.3) is 0 Å². The Kier molecular flexibility index (Phi) is 3.99. The highest BCUT2D eigenvalue weighted by Gasteiger charge is 2.21. The molecule has 0 unspecified atom stereocenters.